The highest BCUT2D eigenvalue weighted by Crippen LogP contribution is 2.18. The van der Waals surface area contributed by atoms with E-state index in [0.717, 1.165) is 22.6 Å². The number of carboxylic acid groups (broad SMARTS) is 1. The molecule has 2 rings (SSSR count). The van der Waals surface area contributed by atoms with E-state index in [1.54, 1.807) is 23.7 Å². The van der Waals surface area contributed by atoms with Gasteiger partial charge in [0.2, 0.25) is 0 Å². The SMILES string of the molecule is Cc1nn(-c2ccc(F)cc2)c(C)c1CNC(C)C(=O)O. The van der Waals surface area contributed by atoms with Gasteiger partial charge in [-0.05, 0) is 45.0 Å². The van der Waals surface area contributed by atoms with E-state index in [1.807, 2.05) is 13.8 Å². The minimum atomic E-state index is -0.892. The Bertz CT molecular complexity index is 650. The quantitative estimate of drug-likeness (QED) is 0.886. The molecule has 0 amide bonds. The van der Waals surface area contributed by atoms with E-state index in [0.29, 0.717) is 6.54 Å². The zero-order valence-electron chi connectivity index (χ0n) is 12.2. The summed E-state index contributed by atoms with van der Waals surface area (Å²) in [5.74, 6) is -1.19. The molecule has 6 heteroatoms. The van der Waals surface area contributed by atoms with Gasteiger partial charge in [0.25, 0.3) is 0 Å². The zero-order valence-corrected chi connectivity index (χ0v) is 12.2. The number of benzene rings is 1. The highest BCUT2D eigenvalue weighted by molar-refractivity contribution is 5.72. The van der Waals surface area contributed by atoms with Gasteiger partial charge in [-0.15, -0.1) is 0 Å². The number of hydrogen-bond acceptors (Lipinski definition) is 3. The fourth-order valence-corrected chi connectivity index (χ4v) is 2.11. The third kappa shape index (κ3) is 3.28. The lowest BCUT2D eigenvalue weighted by Gasteiger charge is -2.09. The lowest BCUT2D eigenvalue weighted by molar-refractivity contribution is -0.139. The van der Waals surface area contributed by atoms with Crippen LogP contribution in [-0.2, 0) is 11.3 Å². The summed E-state index contributed by atoms with van der Waals surface area (Å²) in [6, 6.07) is 5.46. The number of aromatic nitrogens is 2. The predicted molar refractivity (Wildman–Crippen MR) is 76.9 cm³/mol. The number of carbonyl (C=O) groups is 1. The summed E-state index contributed by atoms with van der Waals surface area (Å²) < 4.78 is 14.7. The molecule has 1 unspecified atom stereocenters. The van der Waals surface area contributed by atoms with Crippen LogP contribution >= 0.6 is 0 Å². The molecule has 0 aliphatic heterocycles. The minimum Gasteiger partial charge on any atom is -0.480 e. The molecule has 0 spiro atoms. The molecule has 21 heavy (non-hydrogen) atoms. The summed E-state index contributed by atoms with van der Waals surface area (Å²) in [7, 11) is 0. The first-order valence-corrected chi connectivity index (χ1v) is 6.67. The van der Waals surface area contributed by atoms with Gasteiger partial charge in [0.1, 0.15) is 11.9 Å². The Kier molecular flexibility index (Phi) is 4.37. The lowest BCUT2D eigenvalue weighted by atomic mass is 10.2. The zero-order chi connectivity index (χ0) is 15.6. The summed E-state index contributed by atoms with van der Waals surface area (Å²) in [6.45, 7) is 5.80. The van der Waals surface area contributed by atoms with E-state index >= 15 is 0 Å². The lowest BCUT2D eigenvalue weighted by Crippen LogP contribution is -2.33. The van der Waals surface area contributed by atoms with Gasteiger partial charge in [-0.25, -0.2) is 9.07 Å². The second-order valence-corrected chi connectivity index (χ2v) is 4.98. The first kappa shape index (κ1) is 15.2. The largest absolute Gasteiger partial charge is 0.480 e. The van der Waals surface area contributed by atoms with Crippen LogP contribution < -0.4 is 5.32 Å². The van der Waals surface area contributed by atoms with E-state index in [2.05, 4.69) is 10.4 Å². The number of halogens is 1. The summed E-state index contributed by atoms with van der Waals surface area (Å²) >= 11 is 0. The Morgan fingerprint density at radius 2 is 2.00 bits per heavy atom. The molecule has 0 saturated carbocycles. The van der Waals surface area contributed by atoms with Gasteiger partial charge in [-0.3, -0.25) is 4.79 Å². The monoisotopic (exact) mass is 291 g/mol. The van der Waals surface area contributed by atoms with Crippen molar-refractivity contribution in [1.82, 2.24) is 15.1 Å². The van der Waals surface area contributed by atoms with Gasteiger partial charge in [-0.1, -0.05) is 0 Å². The van der Waals surface area contributed by atoms with E-state index in [-0.39, 0.29) is 5.82 Å². The second kappa shape index (κ2) is 6.05. The molecule has 1 aromatic heterocycles. The molecule has 5 nitrogen and oxygen atoms in total. The van der Waals surface area contributed by atoms with Crippen molar-refractivity contribution in [3.63, 3.8) is 0 Å². The molecule has 0 bridgehead atoms. The maximum Gasteiger partial charge on any atom is 0.320 e. The highest BCUT2D eigenvalue weighted by atomic mass is 19.1. The number of nitrogens with zero attached hydrogens (tertiary/aromatic N) is 2. The van der Waals surface area contributed by atoms with Crippen LogP contribution in [0.1, 0.15) is 23.9 Å². The van der Waals surface area contributed by atoms with Crippen molar-refractivity contribution < 1.29 is 14.3 Å². The fraction of sp³-hybridized carbons (Fsp3) is 0.333. The Hall–Kier alpha value is -2.21. The van der Waals surface area contributed by atoms with Crippen LogP contribution in [0.2, 0.25) is 0 Å². The summed E-state index contributed by atoms with van der Waals surface area (Å²) in [6.07, 6.45) is 0. The maximum absolute atomic E-state index is 13.0. The number of hydrogen-bond donors (Lipinski definition) is 2. The van der Waals surface area contributed by atoms with Gasteiger partial charge in [-0.2, -0.15) is 5.10 Å². The average Bonchev–Trinajstić information content (AvgIpc) is 2.72. The Balaban J connectivity index is 2.25. The minimum absolute atomic E-state index is 0.294. The smallest absolute Gasteiger partial charge is 0.320 e. The van der Waals surface area contributed by atoms with Crippen molar-refractivity contribution in [3.05, 3.63) is 47.0 Å². The highest BCUT2D eigenvalue weighted by Gasteiger charge is 2.15. The molecule has 0 saturated heterocycles. The van der Waals surface area contributed by atoms with E-state index < -0.39 is 12.0 Å². The van der Waals surface area contributed by atoms with Crippen molar-refractivity contribution >= 4 is 5.97 Å². The molecule has 1 heterocycles. The molecule has 0 aliphatic carbocycles. The normalized spacial score (nSPS) is 12.4. The Morgan fingerprint density at radius 3 is 2.57 bits per heavy atom. The van der Waals surface area contributed by atoms with Gasteiger partial charge in [0, 0.05) is 17.8 Å². The molecule has 1 aromatic carbocycles. The third-order valence-corrected chi connectivity index (χ3v) is 3.47. The Labute approximate surface area is 122 Å². The summed E-state index contributed by atoms with van der Waals surface area (Å²) in [4.78, 5) is 10.8. The predicted octanol–water partition coefficient (Wildman–Crippen LogP) is 2.19. The molecule has 2 aromatic rings. The van der Waals surface area contributed by atoms with Gasteiger partial charge < -0.3 is 10.4 Å². The topological polar surface area (TPSA) is 67.2 Å². The maximum atomic E-state index is 13.0. The molecular weight excluding hydrogens is 273 g/mol. The van der Waals surface area contributed by atoms with Crippen LogP contribution in [-0.4, -0.2) is 26.9 Å². The third-order valence-electron chi connectivity index (χ3n) is 3.47. The number of aliphatic carboxylic acids is 1. The summed E-state index contributed by atoms with van der Waals surface area (Å²) in [5, 5.41) is 16.3. The molecule has 0 aliphatic rings. The molecule has 2 N–H and O–H groups in total. The van der Waals surface area contributed by atoms with Crippen LogP contribution in [0, 0.1) is 19.7 Å². The number of nitrogens with one attached hydrogen (secondary N) is 1. The van der Waals surface area contributed by atoms with Crippen molar-refractivity contribution in [2.75, 3.05) is 0 Å². The van der Waals surface area contributed by atoms with Crippen molar-refractivity contribution in [2.45, 2.75) is 33.4 Å². The van der Waals surface area contributed by atoms with Crippen LogP contribution in [0.3, 0.4) is 0 Å². The van der Waals surface area contributed by atoms with Crippen LogP contribution in [0.5, 0.6) is 0 Å². The first-order chi connectivity index (χ1) is 9.90. The number of rotatable bonds is 5. The van der Waals surface area contributed by atoms with Crippen LogP contribution in [0.4, 0.5) is 4.39 Å². The number of carboxylic acids is 1. The van der Waals surface area contributed by atoms with Crippen LogP contribution in [0.15, 0.2) is 24.3 Å². The van der Waals surface area contributed by atoms with Crippen molar-refractivity contribution in [2.24, 2.45) is 0 Å². The van der Waals surface area contributed by atoms with Gasteiger partial charge >= 0.3 is 5.97 Å². The second-order valence-electron chi connectivity index (χ2n) is 4.98. The standard InChI is InChI=1S/C15H18FN3O2/c1-9-14(8-17-10(2)15(20)21)11(3)19(18-9)13-6-4-12(16)5-7-13/h4-7,10,17H,8H2,1-3H3,(H,20,21). The fourth-order valence-electron chi connectivity index (χ4n) is 2.11. The van der Waals surface area contributed by atoms with E-state index in [4.69, 9.17) is 5.11 Å². The van der Waals surface area contributed by atoms with E-state index in [9.17, 15) is 9.18 Å². The Morgan fingerprint density at radius 1 is 1.38 bits per heavy atom. The van der Waals surface area contributed by atoms with Crippen molar-refractivity contribution in [3.8, 4) is 5.69 Å². The average molecular weight is 291 g/mol. The molecule has 112 valence electrons. The molecule has 0 fully saturated rings. The number of aryl methyl sites for hydroxylation is 1. The van der Waals surface area contributed by atoms with Gasteiger partial charge in [0.05, 0.1) is 11.4 Å². The van der Waals surface area contributed by atoms with Gasteiger partial charge in [0.15, 0.2) is 0 Å². The summed E-state index contributed by atoms with van der Waals surface area (Å²) in [5.41, 5.74) is 3.45. The van der Waals surface area contributed by atoms with E-state index in [1.165, 1.54) is 12.1 Å². The molecule has 1 atom stereocenters. The molecule has 0 radical (unpaired) electrons. The first-order valence-electron chi connectivity index (χ1n) is 6.67. The van der Waals surface area contributed by atoms with Crippen molar-refractivity contribution in [1.29, 1.82) is 0 Å². The molecular formula is C15H18FN3O2. The van der Waals surface area contributed by atoms with Crippen LogP contribution in [0.25, 0.3) is 5.69 Å².